The van der Waals surface area contributed by atoms with Crippen LogP contribution in [0.4, 0.5) is 0 Å². The van der Waals surface area contributed by atoms with Gasteiger partial charge >= 0.3 is 0 Å². The van der Waals surface area contributed by atoms with Gasteiger partial charge in [0.2, 0.25) is 0 Å². The van der Waals surface area contributed by atoms with Gasteiger partial charge in [-0.3, -0.25) is 0 Å². The van der Waals surface area contributed by atoms with Crippen LogP contribution in [0.1, 0.15) is 44.4 Å². The second kappa shape index (κ2) is 9.34. The predicted molar refractivity (Wildman–Crippen MR) is 116 cm³/mol. The van der Waals surface area contributed by atoms with Crippen LogP contribution in [0.3, 0.4) is 0 Å². The van der Waals surface area contributed by atoms with Gasteiger partial charge in [0, 0.05) is 31.5 Å². The Morgan fingerprint density at radius 1 is 1.19 bits per heavy atom. The van der Waals surface area contributed by atoms with E-state index < -0.39 is 0 Å². The van der Waals surface area contributed by atoms with Crippen LogP contribution in [-0.4, -0.2) is 33.8 Å². The molecule has 0 spiro atoms. The standard InChI is InChI=1S/C19H28N6.HI/c1-4-20-18(21-13-17-24-23-16-11-8-12-25(16)17)22-14-19(2,3)15-9-6-5-7-10-15;/h5-7,9-10H,4,8,11-14H2,1-3H3,(H2,20,21,22);1H. The molecule has 0 fully saturated rings. The molecule has 26 heavy (non-hydrogen) atoms. The van der Waals surface area contributed by atoms with Crippen molar-refractivity contribution in [2.24, 2.45) is 4.99 Å². The van der Waals surface area contributed by atoms with Crippen molar-refractivity contribution in [2.45, 2.75) is 52.1 Å². The van der Waals surface area contributed by atoms with Gasteiger partial charge in [-0.2, -0.15) is 0 Å². The van der Waals surface area contributed by atoms with Crippen LogP contribution >= 0.6 is 24.0 Å². The van der Waals surface area contributed by atoms with Crippen LogP contribution in [0.15, 0.2) is 35.3 Å². The number of nitrogens with zero attached hydrogens (tertiary/aromatic N) is 4. The summed E-state index contributed by atoms with van der Waals surface area (Å²) in [6.45, 7) is 9.76. The number of hydrogen-bond acceptors (Lipinski definition) is 3. The molecule has 0 atom stereocenters. The molecule has 2 aromatic rings. The highest BCUT2D eigenvalue weighted by molar-refractivity contribution is 14.0. The molecule has 2 heterocycles. The second-order valence-electron chi connectivity index (χ2n) is 7.09. The third-order valence-corrected chi connectivity index (χ3v) is 4.66. The monoisotopic (exact) mass is 468 g/mol. The largest absolute Gasteiger partial charge is 0.357 e. The lowest BCUT2D eigenvalue weighted by Crippen LogP contribution is -2.43. The summed E-state index contributed by atoms with van der Waals surface area (Å²) in [5.74, 6) is 2.86. The third kappa shape index (κ3) is 4.96. The van der Waals surface area contributed by atoms with Crippen LogP contribution in [-0.2, 0) is 24.9 Å². The minimum absolute atomic E-state index is 0. The molecule has 7 heteroatoms. The molecule has 142 valence electrons. The Labute approximate surface area is 172 Å². The van der Waals surface area contributed by atoms with Crippen molar-refractivity contribution in [3.63, 3.8) is 0 Å². The highest BCUT2D eigenvalue weighted by Gasteiger charge is 2.21. The number of aryl methyl sites for hydroxylation is 1. The zero-order valence-electron chi connectivity index (χ0n) is 15.8. The maximum Gasteiger partial charge on any atom is 0.191 e. The van der Waals surface area contributed by atoms with E-state index in [1.54, 1.807) is 0 Å². The molecule has 3 rings (SSSR count). The predicted octanol–water partition coefficient (Wildman–Crippen LogP) is 2.88. The number of halogens is 1. The summed E-state index contributed by atoms with van der Waals surface area (Å²) in [6.07, 6.45) is 2.19. The molecule has 0 unspecified atom stereocenters. The molecule has 0 radical (unpaired) electrons. The molecule has 0 amide bonds. The molecule has 0 bridgehead atoms. The van der Waals surface area contributed by atoms with Crippen molar-refractivity contribution in [3.05, 3.63) is 47.5 Å². The zero-order valence-corrected chi connectivity index (χ0v) is 18.2. The van der Waals surface area contributed by atoms with E-state index in [4.69, 9.17) is 4.99 Å². The Kier molecular flexibility index (Phi) is 7.43. The van der Waals surface area contributed by atoms with Gasteiger partial charge in [0.05, 0.1) is 0 Å². The molecular weight excluding hydrogens is 439 g/mol. The number of aromatic nitrogens is 3. The van der Waals surface area contributed by atoms with Crippen molar-refractivity contribution in [2.75, 3.05) is 13.1 Å². The fraction of sp³-hybridized carbons (Fsp3) is 0.526. The fourth-order valence-electron chi connectivity index (χ4n) is 3.12. The van der Waals surface area contributed by atoms with E-state index in [0.29, 0.717) is 6.54 Å². The maximum absolute atomic E-state index is 4.70. The van der Waals surface area contributed by atoms with Crippen LogP contribution < -0.4 is 10.6 Å². The summed E-state index contributed by atoms with van der Waals surface area (Å²) in [5, 5.41) is 15.3. The Morgan fingerprint density at radius 3 is 2.69 bits per heavy atom. The summed E-state index contributed by atoms with van der Waals surface area (Å²) < 4.78 is 2.20. The van der Waals surface area contributed by atoms with E-state index in [9.17, 15) is 0 Å². The molecule has 1 aliphatic heterocycles. The average molecular weight is 468 g/mol. The minimum atomic E-state index is 0. The van der Waals surface area contributed by atoms with Gasteiger partial charge in [0.1, 0.15) is 12.4 Å². The second-order valence-corrected chi connectivity index (χ2v) is 7.09. The van der Waals surface area contributed by atoms with Gasteiger partial charge in [-0.05, 0) is 18.9 Å². The topological polar surface area (TPSA) is 67.1 Å². The van der Waals surface area contributed by atoms with E-state index in [1.807, 2.05) is 0 Å². The van der Waals surface area contributed by atoms with Gasteiger partial charge in [0.15, 0.2) is 11.8 Å². The molecule has 0 saturated carbocycles. The molecular formula is C19H29IN6. The number of benzene rings is 1. The summed E-state index contributed by atoms with van der Waals surface area (Å²) in [7, 11) is 0. The minimum Gasteiger partial charge on any atom is -0.357 e. The van der Waals surface area contributed by atoms with Crippen molar-refractivity contribution in [1.29, 1.82) is 0 Å². The first-order valence-corrected chi connectivity index (χ1v) is 9.09. The Morgan fingerprint density at radius 2 is 1.96 bits per heavy atom. The fourth-order valence-corrected chi connectivity index (χ4v) is 3.12. The SMILES string of the molecule is CCNC(=NCc1nnc2n1CCC2)NCC(C)(C)c1ccccc1.I. The van der Waals surface area contributed by atoms with Crippen molar-refractivity contribution < 1.29 is 0 Å². The number of aliphatic imine (C=N–C) groups is 1. The van der Waals surface area contributed by atoms with E-state index in [0.717, 1.165) is 50.1 Å². The first kappa shape index (κ1) is 20.7. The molecule has 6 nitrogen and oxygen atoms in total. The summed E-state index contributed by atoms with van der Waals surface area (Å²) in [6, 6.07) is 10.6. The van der Waals surface area contributed by atoms with Gasteiger partial charge in [-0.15, -0.1) is 34.2 Å². The molecule has 0 saturated heterocycles. The maximum atomic E-state index is 4.70. The zero-order chi connectivity index (χ0) is 17.7. The number of hydrogen-bond donors (Lipinski definition) is 2. The van der Waals surface area contributed by atoms with E-state index in [-0.39, 0.29) is 29.4 Å². The van der Waals surface area contributed by atoms with Crippen molar-refractivity contribution >= 4 is 29.9 Å². The highest BCUT2D eigenvalue weighted by atomic mass is 127. The Balaban J connectivity index is 0.00000243. The van der Waals surface area contributed by atoms with Crippen LogP contribution in [0.5, 0.6) is 0 Å². The van der Waals surface area contributed by atoms with Gasteiger partial charge < -0.3 is 15.2 Å². The lowest BCUT2D eigenvalue weighted by Gasteiger charge is -2.26. The van der Waals surface area contributed by atoms with E-state index >= 15 is 0 Å². The lowest BCUT2D eigenvalue weighted by molar-refractivity contribution is 0.508. The van der Waals surface area contributed by atoms with Crippen LogP contribution in [0.25, 0.3) is 0 Å². The number of rotatable bonds is 6. The first-order valence-electron chi connectivity index (χ1n) is 9.09. The highest BCUT2D eigenvalue weighted by Crippen LogP contribution is 2.21. The van der Waals surface area contributed by atoms with Gasteiger partial charge in [-0.1, -0.05) is 44.2 Å². The normalized spacial score (nSPS) is 13.9. The van der Waals surface area contributed by atoms with E-state index in [2.05, 4.69) is 76.5 Å². The molecule has 0 aliphatic carbocycles. The summed E-state index contributed by atoms with van der Waals surface area (Å²) >= 11 is 0. The molecule has 1 aliphatic rings. The van der Waals surface area contributed by atoms with Gasteiger partial charge in [0.25, 0.3) is 0 Å². The smallest absolute Gasteiger partial charge is 0.191 e. The third-order valence-electron chi connectivity index (χ3n) is 4.66. The first-order chi connectivity index (χ1) is 12.1. The van der Waals surface area contributed by atoms with E-state index in [1.165, 1.54) is 5.56 Å². The molecule has 2 N–H and O–H groups in total. The van der Waals surface area contributed by atoms with Crippen molar-refractivity contribution in [1.82, 2.24) is 25.4 Å². The number of fused-ring (bicyclic) bond motifs is 1. The van der Waals surface area contributed by atoms with Gasteiger partial charge in [-0.25, -0.2) is 4.99 Å². The van der Waals surface area contributed by atoms with Crippen molar-refractivity contribution in [3.8, 4) is 0 Å². The summed E-state index contributed by atoms with van der Waals surface area (Å²) in [4.78, 5) is 4.70. The van der Waals surface area contributed by atoms with Crippen LogP contribution in [0.2, 0.25) is 0 Å². The lowest BCUT2D eigenvalue weighted by atomic mass is 9.85. The number of guanidine groups is 1. The molecule has 1 aromatic carbocycles. The Hall–Kier alpha value is -1.64. The summed E-state index contributed by atoms with van der Waals surface area (Å²) in [5.41, 5.74) is 1.33. The quantitative estimate of drug-likeness (QED) is 0.389. The Bertz CT molecular complexity index is 723. The average Bonchev–Trinajstić information content (AvgIpc) is 3.22. The number of nitrogens with one attached hydrogen (secondary N) is 2. The molecule has 1 aromatic heterocycles. The van der Waals surface area contributed by atoms with Crippen LogP contribution in [0, 0.1) is 0 Å².